The van der Waals surface area contributed by atoms with E-state index in [1.165, 1.54) is 29.8 Å². The molecule has 1 aliphatic heterocycles. The molecule has 0 aliphatic carbocycles. The van der Waals surface area contributed by atoms with Crippen LogP contribution in [0.25, 0.3) is 0 Å². The average molecular weight is 447 g/mol. The molecule has 0 atom stereocenters. The van der Waals surface area contributed by atoms with E-state index < -0.39 is 4.92 Å². The fourth-order valence-electron chi connectivity index (χ4n) is 3.77. The van der Waals surface area contributed by atoms with Crippen LogP contribution in [0.4, 0.5) is 17.1 Å². The smallest absolute Gasteiger partial charge is 0.269 e. The summed E-state index contributed by atoms with van der Waals surface area (Å²) in [5.41, 5.74) is 3.14. The number of hydrogen-bond acceptors (Lipinski definition) is 6. The number of piperazine rings is 1. The SMILES string of the molecule is O=C(COc1ccc([N+](=O)[O-])cc1)Nc1ccc(N2CCN(Cc3ccccc3)CC2)cc1. The molecular formula is C25H26N4O4. The number of carbonyl (C=O) groups is 1. The minimum atomic E-state index is -0.481. The molecule has 1 N–H and O–H groups in total. The van der Waals surface area contributed by atoms with Crippen LogP contribution in [0.15, 0.2) is 78.9 Å². The first-order valence-electron chi connectivity index (χ1n) is 10.9. The van der Waals surface area contributed by atoms with Crippen molar-refractivity contribution in [3.8, 4) is 5.75 Å². The lowest BCUT2D eigenvalue weighted by atomic mass is 10.2. The molecule has 1 saturated heterocycles. The molecule has 1 aliphatic rings. The number of carbonyl (C=O) groups excluding carboxylic acids is 1. The van der Waals surface area contributed by atoms with Gasteiger partial charge in [-0.2, -0.15) is 0 Å². The van der Waals surface area contributed by atoms with Gasteiger partial charge in [0.1, 0.15) is 5.75 Å². The predicted molar refractivity (Wildman–Crippen MR) is 128 cm³/mol. The predicted octanol–water partition coefficient (Wildman–Crippen LogP) is 3.93. The van der Waals surface area contributed by atoms with Gasteiger partial charge in [-0.05, 0) is 42.0 Å². The quantitative estimate of drug-likeness (QED) is 0.417. The molecule has 8 nitrogen and oxygen atoms in total. The molecule has 1 amide bonds. The summed E-state index contributed by atoms with van der Waals surface area (Å²) in [6, 6.07) is 23.9. The van der Waals surface area contributed by atoms with Crippen LogP contribution in [-0.2, 0) is 11.3 Å². The number of nitrogens with zero attached hydrogens (tertiary/aromatic N) is 3. The van der Waals surface area contributed by atoms with E-state index in [1.807, 2.05) is 30.3 Å². The Labute approximate surface area is 192 Å². The molecule has 8 heteroatoms. The van der Waals surface area contributed by atoms with Gasteiger partial charge in [0.2, 0.25) is 0 Å². The highest BCUT2D eigenvalue weighted by Crippen LogP contribution is 2.21. The van der Waals surface area contributed by atoms with Gasteiger partial charge in [0, 0.05) is 56.2 Å². The summed E-state index contributed by atoms with van der Waals surface area (Å²) in [6.45, 7) is 4.73. The summed E-state index contributed by atoms with van der Waals surface area (Å²) in [4.78, 5) is 27.2. The number of non-ortho nitro benzene ring substituents is 1. The zero-order valence-corrected chi connectivity index (χ0v) is 18.2. The van der Waals surface area contributed by atoms with E-state index in [9.17, 15) is 14.9 Å². The van der Waals surface area contributed by atoms with Crippen LogP contribution >= 0.6 is 0 Å². The van der Waals surface area contributed by atoms with Crippen molar-refractivity contribution in [3.63, 3.8) is 0 Å². The van der Waals surface area contributed by atoms with E-state index in [0.717, 1.165) is 38.4 Å². The molecule has 0 unspecified atom stereocenters. The van der Waals surface area contributed by atoms with E-state index in [-0.39, 0.29) is 18.2 Å². The largest absolute Gasteiger partial charge is 0.484 e. The van der Waals surface area contributed by atoms with Gasteiger partial charge in [-0.25, -0.2) is 0 Å². The number of rotatable bonds is 8. The van der Waals surface area contributed by atoms with Crippen LogP contribution in [0.3, 0.4) is 0 Å². The molecule has 3 aromatic rings. The summed E-state index contributed by atoms with van der Waals surface area (Å²) in [5, 5.41) is 13.5. The number of benzene rings is 3. The second-order valence-corrected chi connectivity index (χ2v) is 7.88. The molecule has 0 aromatic heterocycles. The van der Waals surface area contributed by atoms with Crippen LogP contribution in [0.5, 0.6) is 5.75 Å². The molecule has 4 rings (SSSR count). The molecule has 0 saturated carbocycles. The number of nitrogens with one attached hydrogen (secondary N) is 1. The normalized spacial score (nSPS) is 14.0. The van der Waals surface area contributed by atoms with Gasteiger partial charge in [-0.15, -0.1) is 0 Å². The zero-order valence-electron chi connectivity index (χ0n) is 18.2. The lowest BCUT2D eigenvalue weighted by Crippen LogP contribution is -2.45. The van der Waals surface area contributed by atoms with Crippen molar-refractivity contribution in [2.45, 2.75) is 6.54 Å². The first kappa shape index (κ1) is 22.3. The maximum atomic E-state index is 12.2. The summed E-state index contributed by atoms with van der Waals surface area (Å²) >= 11 is 0. The average Bonchev–Trinajstić information content (AvgIpc) is 2.85. The minimum Gasteiger partial charge on any atom is -0.484 e. The Kier molecular flexibility index (Phi) is 7.16. The molecule has 3 aromatic carbocycles. The van der Waals surface area contributed by atoms with Gasteiger partial charge in [0.25, 0.3) is 11.6 Å². The number of anilines is 2. The highest BCUT2D eigenvalue weighted by molar-refractivity contribution is 5.92. The Bertz CT molecular complexity index is 1060. The second kappa shape index (κ2) is 10.6. The summed E-state index contributed by atoms with van der Waals surface area (Å²) in [7, 11) is 0. The zero-order chi connectivity index (χ0) is 23.0. The van der Waals surface area contributed by atoms with Crippen LogP contribution in [0.1, 0.15) is 5.56 Å². The molecule has 170 valence electrons. The van der Waals surface area contributed by atoms with Gasteiger partial charge in [0.05, 0.1) is 4.92 Å². The fourth-order valence-corrected chi connectivity index (χ4v) is 3.77. The number of amides is 1. The fraction of sp³-hybridized carbons (Fsp3) is 0.240. The van der Waals surface area contributed by atoms with Crippen molar-refractivity contribution < 1.29 is 14.5 Å². The Morgan fingerprint density at radius 1 is 0.909 bits per heavy atom. The standard InChI is InChI=1S/C25H26N4O4/c30-25(19-33-24-12-10-23(11-13-24)29(31)32)26-21-6-8-22(9-7-21)28-16-14-27(15-17-28)18-20-4-2-1-3-5-20/h1-13H,14-19H2,(H,26,30). The molecule has 0 bridgehead atoms. The maximum Gasteiger partial charge on any atom is 0.269 e. The molecule has 0 spiro atoms. The minimum absolute atomic E-state index is 0.0236. The van der Waals surface area contributed by atoms with Crippen LogP contribution in [0.2, 0.25) is 0 Å². The van der Waals surface area contributed by atoms with Crippen molar-refractivity contribution >= 4 is 23.0 Å². The maximum absolute atomic E-state index is 12.2. The Morgan fingerprint density at radius 3 is 2.21 bits per heavy atom. The Morgan fingerprint density at radius 2 is 1.58 bits per heavy atom. The van der Waals surface area contributed by atoms with Gasteiger partial charge in [0.15, 0.2) is 6.61 Å². The highest BCUT2D eigenvalue weighted by atomic mass is 16.6. The lowest BCUT2D eigenvalue weighted by molar-refractivity contribution is -0.384. The van der Waals surface area contributed by atoms with E-state index >= 15 is 0 Å². The molecule has 1 fully saturated rings. The van der Waals surface area contributed by atoms with Gasteiger partial charge >= 0.3 is 0 Å². The van der Waals surface area contributed by atoms with Crippen molar-refractivity contribution in [1.82, 2.24) is 4.90 Å². The Hall–Kier alpha value is -3.91. The third kappa shape index (κ3) is 6.30. The molecule has 1 heterocycles. The van der Waals surface area contributed by atoms with Crippen LogP contribution < -0.4 is 15.0 Å². The summed E-state index contributed by atoms with van der Waals surface area (Å²) < 4.78 is 5.40. The first-order valence-corrected chi connectivity index (χ1v) is 10.9. The van der Waals surface area contributed by atoms with Gasteiger partial charge in [-0.3, -0.25) is 19.8 Å². The number of nitro groups is 1. The monoisotopic (exact) mass is 446 g/mol. The number of hydrogen-bond donors (Lipinski definition) is 1. The summed E-state index contributed by atoms with van der Waals surface area (Å²) in [6.07, 6.45) is 0. The van der Waals surface area contributed by atoms with E-state index in [1.54, 1.807) is 0 Å². The van der Waals surface area contributed by atoms with Crippen LogP contribution in [-0.4, -0.2) is 48.5 Å². The van der Waals surface area contributed by atoms with Crippen molar-refractivity contribution in [2.75, 3.05) is 43.0 Å². The van der Waals surface area contributed by atoms with Crippen molar-refractivity contribution in [2.24, 2.45) is 0 Å². The number of nitro benzene ring substituents is 1. The van der Waals surface area contributed by atoms with E-state index in [4.69, 9.17) is 4.74 Å². The lowest BCUT2D eigenvalue weighted by Gasteiger charge is -2.36. The highest BCUT2D eigenvalue weighted by Gasteiger charge is 2.17. The summed E-state index contributed by atoms with van der Waals surface area (Å²) in [5.74, 6) is 0.105. The molecule has 0 radical (unpaired) electrons. The Balaban J connectivity index is 1.22. The molecular weight excluding hydrogens is 420 g/mol. The van der Waals surface area contributed by atoms with Gasteiger partial charge in [-0.1, -0.05) is 30.3 Å². The van der Waals surface area contributed by atoms with Crippen molar-refractivity contribution in [3.05, 3.63) is 94.5 Å². The van der Waals surface area contributed by atoms with E-state index in [2.05, 4.69) is 39.4 Å². The topological polar surface area (TPSA) is 87.9 Å². The second-order valence-electron chi connectivity index (χ2n) is 7.88. The third-order valence-electron chi connectivity index (χ3n) is 5.55. The van der Waals surface area contributed by atoms with Crippen LogP contribution in [0, 0.1) is 10.1 Å². The first-order chi connectivity index (χ1) is 16.1. The van der Waals surface area contributed by atoms with Gasteiger partial charge < -0.3 is 15.0 Å². The third-order valence-corrected chi connectivity index (χ3v) is 5.55. The van der Waals surface area contributed by atoms with E-state index in [0.29, 0.717) is 11.4 Å². The molecule has 33 heavy (non-hydrogen) atoms. The van der Waals surface area contributed by atoms with Crippen molar-refractivity contribution in [1.29, 1.82) is 0 Å². The number of ether oxygens (including phenoxy) is 1.